The molecule has 124 valence electrons. The highest BCUT2D eigenvalue weighted by atomic mass is 16.5. The van der Waals surface area contributed by atoms with Gasteiger partial charge in [-0.1, -0.05) is 6.42 Å². The van der Waals surface area contributed by atoms with Gasteiger partial charge in [0.25, 0.3) is 0 Å². The zero-order valence-electron chi connectivity index (χ0n) is 13.4. The van der Waals surface area contributed by atoms with E-state index in [0.29, 0.717) is 5.92 Å². The van der Waals surface area contributed by atoms with Gasteiger partial charge >= 0.3 is 0 Å². The molecule has 0 aromatic carbocycles. The van der Waals surface area contributed by atoms with Crippen LogP contribution in [0, 0.1) is 0 Å². The Morgan fingerprint density at radius 3 is 2.83 bits per heavy atom. The Balaban J connectivity index is 1.49. The number of likely N-dealkylation sites (tertiary alicyclic amines) is 1. The quantitative estimate of drug-likeness (QED) is 0.939. The van der Waals surface area contributed by atoms with Crippen molar-refractivity contribution in [3.8, 4) is 0 Å². The summed E-state index contributed by atoms with van der Waals surface area (Å²) in [5.74, 6) is 1.96. The van der Waals surface area contributed by atoms with Gasteiger partial charge in [0.15, 0.2) is 0 Å². The van der Waals surface area contributed by atoms with E-state index in [4.69, 9.17) is 9.15 Å². The highest BCUT2D eigenvalue weighted by molar-refractivity contribution is 5.09. The van der Waals surface area contributed by atoms with E-state index in [-0.39, 0.29) is 6.04 Å². The summed E-state index contributed by atoms with van der Waals surface area (Å²) in [5, 5.41) is 8.73. The Morgan fingerprint density at radius 1 is 1.13 bits per heavy atom. The van der Waals surface area contributed by atoms with Crippen LogP contribution in [0.4, 0.5) is 0 Å². The van der Waals surface area contributed by atoms with E-state index < -0.39 is 0 Å². The zero-order valence-corrected chi connectivity index (χ0v) is 13.4. The monoisotopic (exact) mass is 316 g/mol. The van der Waals surface area contributed by atoms with Crippen LogP contribution in [0.1, 0.15) is 61.4 Å². The Hall–Kier alpha value is -1.66. The molecule has 0 amide bonds. The summed E-state index contributed by atoms with van der Waals surface area (Å²) in [4.78, 5) is 5.60. The molecular weight excluding hydrogens is 292 g/mol. The number of piperidine rings is 1. The maximum Gasteiger partial charge on any atom is 0.233 e. The second-order valence-corrected chi connectivity index (χ2v) is 6.57. The van der Waals surface area contributed by atoms with E-state index in [1.807, 2.05) is 6.20 Å². The fraction of sp³-hybridized carbons (Fsp3) is 0.647. The molecule has 6 heteroatoms. The molecule has 2 aliphatic heterocycles. The van der Waals surface area contributed by atoms with Crippen molar-refractivity contribution in [2.45, 2.75) is 50.6 Å². The molecule has 0 aliphatic carbocycles. The number of ether oxygens (including phenoxy) is 1. The van der Waals surface area contributed by atoms with Crippen molar-refractivity contribution in [1.82, 2.24) is 20.1 Å². The highest BCUT2D eigenvalue weighted by Crippen LogP contribution is 2.33. The number of rotatable bonds is 4. The van der Waals surface area contributed by atoms with Crippen molar-refractivity contribution < 1.29 is 9.15 Å². The van der Waals surface area contributed by atoms with Crippen LogP contribution in [0.15, 0.2) is 22.9 Å². The van der Waals surface area contributed by atoms with Crippen molar-refractivity contribution in [3.63, 3.8) is 0 Å². The molecule has 2 saturated heterocycles. The van der Waals surface area contributed by atoms with Gasteiger partial charge in [0.05, 0.1) is 6.04 Å². The van der Waals surface area contributed by atoms with Gasteiger partial charge < -0.3 is 14.1 Å². The minimum atomic E-state index is 0.250. The average Bonchev–Trinajstić information content (AvgIpc) is 3.28. The van der Waals surface area contributed by atoms with Crippen LogP contribution in [0.3, 0.4) is 0 Å². The second-order valence-electron chi connectivity index (χ2n) is 6.57. The van der Waals surface area contributed by atoms with Gasteiger partial charge in [0.2, 0.25) is 11.8 Å². The molecule has 0 saturated carbocycles. The number of aromatic amines is 1. The summed E-state index contributed by atoms with van der Waals surface area (Å²) in [6.07, 6.45) is 9.57. The topological polar surface area (TPSA) is 67.2 Å². The number of nitrogens with one attached hydrogen (secondary N) is 1. The first-order chi connectivity index (χ1) is 11.4. The highest BCUT2D eigenvalue weighted by Gasteiger charge is 2.30. The van der Waals surface area contributed by atoms with Crippen molar-refractivity contribution in [1.29, 1.82) is 0 Å². The van der Waals surface area contributed by atoms with Gasteiger partial charge in [-0.3, -0.25) is 4.90 Å². The Bertz CT molecular complexity index is 604. The average molecular weight is 316 g/mol. The van der Waals surface area contributed by atoms with Gasteiger partial charge in [0, 0.05) is 38.1 Å². The van der Waals surface area contributed by atoms with E-state index >= 15 is 0 Å². The molecule has 0 bridgehead atoms. The number of hydrogen-bond donors (Lipinski definition) is 1. The van der Waals surface area contributed by atoms with E-state index in [1.165, 1.54) is 18.4 Å². The molecule has 2 fully saturated rings. The van der Waals surface area contributed by atoms with E-state index in [9.17, 15) is 0 Å². The van der Waals surface area contributed by atoms with Crippen molar-refractivity contribution in [2.75, 3.05) is 19.8 Å². The molecule has 4 heterocycles. The van der Waals surface area contributed by atoms with E-state index in [1.54, 1.807) is 0 Å². The molecule has 6 nitrogen and oxygen atoms in total. The molecule has 2 aliphatic rings. The second kappa shape index (κ2) is 6.84. The van der Waals surface area contributed by atoms with Gasteiger partial charge in [-0.25, -0.2) is 0 Å². The zero-order chi connectivity index (χ0) is 15.5. The molecule has 2 aromatic rings. The van der Waals surface area contributed by atoms with E-state index in [2.05, 4.69) is 32.3 Å². The maximum atomic E-state index is 6.08. The normalized spacial score (nSPS) is 24.1. The Labute approximate surface area is 136 Å². The van der Waals surface area contributed by atoms with Gasteiger partial charge in [-0.2, -0.15) is 0 Å². The van der Waals surface area contributed by atoms with Crippen LogP contribution in [0.2, 0.25) is 0 Å². The lowest BCUT2D eigenvalue weighted by molar-refractivity contribution is 0.0768. The first kappa shape index (κ1) is 14.9. The summed E-state index contributed by atoms with van der Waals surface area (Å²) >= 11 is 0. The molecule has 0 spiro atoms. The molecule has 2 aromatic heterocycles. The summed E-state index contributed by atoms with van der Waals surface area (Å²) in [7, 11) is 0. The molecule has 0 unspecified atom stereocenters. The molecule has 0 radical (unpaired) electrons. The van der Waals surface area contributed by atoms with Crippen LogP contribution >= 0.6 is 0 Å². The van der Waals surface area contributed by atoms with Crippen LogP contribution in [0.25, 0.3) is 0 Å². The third-order valence-corrected chi connectivity index (χ3v) is 4.97. The minimum Gasteiger partial charge on any atom is -0.423 e. The summed E-state index contributed by atoms with van der Waals surface area (Å²) in [5.41, 5.74) is 1.31. The van der Waals surface area contributed by atoms with Crippen LogP contribution in [-0.2, 0) is 11.3 Å². The van der Waals surface area contributed by atoms with Gasteiger partial charge in [0.1, 0.15) is 0 Å². The molecule has 4 rings (SSSR count). The fourth-order valence-electron chi connectivity index (χ4n) is 3.64. The lowest BCUT2D eigenvalue weighted by Gasteiger charge is -2.33. The molecule has 23 heavy (non-hydrogen) atoms. The summed E-state index contributed by atoms with van der Waals surface area (Å²) in [6, 6.07) is 2.38. The molecular formula is C17H24N4O2. The van der Waals surface area contributed by atoms with Crippen LogP contribution < -0.4 is 0 Å². The smallest absolute Gasteiger partial charge is 0.233 e. The predicted molar refractivity (Wildman–Crippen MR) is 84.9 cm³/mol. The minimum absolute atomic E-state index is 0.250. The maximum absolute atomic E-state index is 6.08. The number of aromatic nitrogens is 3. The number of hydrogen-bond acceptors (Lipinski definition) is 5. The van der Waals surface area contributed by atoms with Crippen molar-refractivity contribution in [2.24, 2.45) is 0 Å². The van der Waals surface area contributed by atoms with Gasteiger partial charge in [-0.15, -0.1) is 10.2 Å². The summed E-state index contributed by atoms with van der Waals surface area (Å²) in [6.45, 7) is 3.62. The van der Waals surface area contributed by atoms with Crippen LogP contribution in [-0.4, -0.2) is 39.8 Å². The Kier molecular flexibility index (Phi) is 4.43. The van der Waals surface area contributed by atoms with Crippen molar-refractivity contribution >= 4 is 0 Å². The predicted octanol–water partition coefficient (Wildman–Crippen LogP) is 3.02. The standard InChI is InChI=1S/C17H24N4O2/c1-2-8-21(12-13-4-7-18-11-13)15(3-1)17-20-19-16(23-17)14-5-9-22-10-6-14/h4,7,11,14-15,18H,1-3,5-6,8-10,12H2/t15-/m0/s1. The Morgan fingerprint density at radius 2 is 2.00 bits per heavy atom. The third kappa shape index (κ3) is 3.33. The SMILES string of the molecule is c1cc(CN2CCCC[C@H]2c2nnc(C3CCOCC3)o2)c[nH]1. The molecule has 1 N–H and O–H groups in total. The van der Waals surface area contributed by atoms with Crippen LogP contribution in [0.5, 0.6) is 0 Å². The fourth-order valence-corrected chi connectivity index (χ4v) is 3.64. The summed E-state index contributed by atoms with van der Waals surface area (Å²) < 4.78 is 11.5. The van der Waals surface area contributed by atoms with Crippen molar-refractivity contribution in [3.05, 3.63) is 35.8 Å². The number of nitrogens with zero attached hydrogens (tertiary/aromatic N) is 3. The third-order valence-electron chi connectivity index (χ3n) is 4.97. The van der Waals surface area contributed by atoms with Gasteiger partial charge in [-0.05, 0) is 43.9 Å². The first-order valence-corrected chi connectivity index (χ1v) is 8.67. The van der Waals surface area contributed by atoms with E-state index in [0.717, 1.165) is 57.3 Å². The first-order valence-electron chi connectivity index (χ1n) is 8.67. The largest absolute Gasteiger partial charge is 0.423 e. The molecule has 1 atom stereocenters. The number of H-pyrrole nitrogens is 1. The lowest BCUT2D eigenvalue weighted by atomic mass is 10.0. The lowest BCUT2D eigenvalue weighted by Crippen LogP contribution is -2.33.